The SMILES string of the molecule is CCCCCCC/C=C\C/C=C\CCCCCCCCCCCCCCCCCCCC(=O)OCC(COC(=O)CCCCCCC/C=C\CCCCCCCC)OC(=O)CCCCCCCCCCCCCCCCCCCCCCC. The van der Waals surface area contributed by atoms with Gasteiger partial charge in [0.25, 0.3) is 0 Å². The third kappa shape index (κ3) is 70.3. The van der Waals surface area contributed by atoms with E-state index in [2.05, 4.69) is 57.2 Å². The topological polar surface area (TPSA) is 78.9 Å². The van der Waals surface area contributed by atoms with Crippen molar-refractivity contribution in [3.05, 3.63) is 36.5 Å². The Kier molecular flexibility index (Phi) is 70.0. The molecule has 488 valence electrons. The highest BCUT2D eigenvalue weighted by atomic mass is 16.6. The molecule has 0 bridgehead atoms. The summed E-state index contributed by atoms with van der Waals surface area (Å²) in [4.78, 5) is 38.5. The molecule has 0 N–H and O–H groups in total. The minimum absolute atomic E-state index is 0.0686. The zero-order valence-electron chi connectivity index (χ0n) is 56.2. The summed E-state index contributed by atoms with van der Waals surface area (Å²) in [6.45, 7) is 6.70. The minimum atomic E-state index is -0.773. The number of hydrogen-bond acceptors (Lipinski definition) is 6. The van der Waals surface area contributed by atoms with Crippen molar-refractivity contribution in [1.29, 1.82) is 0 Å². The minimum Gasteiger partial charge on any atom is -0.462 e. The zero-order chi connectivity index (χ0) is 59.9. The molecule has 0 spiro atoms. The van der Waals surface area contributed by atoms with Crippen molar-refractivity contribution < 1.29 is 28.6 Å². The molecule has 83 heavy (non-hydrogen) atoms. The van der Waals surface area contributed by atoms with Crippen molar-refractivity contribution in [2.24, 2.45) is 0 Å². The van der Waals surface area contributed by atoms with E-state index in [1.54, 1.807) is 0 Å². The van der Waals surface area contributed by atoms with Crippen LogP contribution in [0.1, 0.15) is 419 Å². The van der Waals surface area contributed by atoms with Gasteiger partial charge in [0.2, 0.25) is 0 Å². The summed E-state index contributed by atoms with van der Waals surface area (Å²) in [6, 6.07) is 0. The summed E-state index contributed by atoms with van der Waals surface area (Å²) in [6.07, 6.45) is 90.4. The molecule has 0 rings (SSSR count). The molecule has 6 nitrogen and oxygen atoms in total. The number of esters is 3. The van der Waals surface area contributed by atoms with E-state index in [9.17, 15) is 14.4 Å². The van der Waals surface area contributed by atoms with Crippen molar-refractivity contribution in [2.75, 3.05) is 13.2 Å². The van der Waals surface area contributed by atoms with Gasteiger partial charge in [-0.1, -0.05) is 359 Å². The molecule has 0 saturated carbocycles. The molecular weight excluding hydrogens is 1020 g/mol. The second-order valence-electron chi connectivity index (χ2n) is 25.6. The average molecular weight is 1170 g/mol. The highest BCUT2D eigenvalue weighted by Crippen LogP contribution is 2.19. The summed E-state index contributed by atoms with van der Waals surface area (Å²) in [7, 11) is 0. The van der Waals surface area contributed by atoms with Gasteiger partial charge in [-0.2, -0.15) is 0 Å². The molecule has 1 atom stereocenters. The monoisotopic (exact) mass is 1170 g/mol. The van der Waals surface area contributed by atoms with Gasteiger partial charge in [-0.25, -0.2) is 0 Å². The summed E-state index contributed by atoms with van der Waals surface area (Å²) in [5, 5.41) is 0. The fourth-order valence-corrected chi connectivity index (χ4v) is 11.5. The van der Waals surface area contributed by atoms with Gasteiger partial charge < -0.3 is 14.2 Å². The lowest BCUT2D eigenvalue weighted by molar-refractivity contribution is -0.167. The van der Waals surface area contributed by atoms with Crippen molar-refractivity contribution in [1.82, 2.24) is 0 Å². The van der Waals surface area contributed by atoms with Gasteiger partial charge in [-0.15, -0.1) is 0 Å². The molecule has 0 radical (unpaired) electrons. The summed E-state index contributed by atoms with van der Waals surface area (Å²) < 4.78 is 17.0. The quantitative estimate of drug-likeness (QED) is 0.0261. The molecule has 0 aromatic rings. The zero-order valence-corrected chi connectivity index (χ0v) is 56.2. The molecule has 0 amide bonds. The first-order valence-corrected chi connectivity index (χ1v) is 37.5. The van der Waals surface area contributed by atoms with Gasteiger partial charge in [-0.3, -0.25) is 14.4 Å². The standard InChI is InChI=1S/C77H144O6/c1-4-7-10-13-16-19-22-25-28-30-32-34-35-36-37-38-39-40-41-43-44-46-49-52-55-58-61-64-67-70-76(79)82-73-74(72-81-75(78)69-66-63-60-57-54-51-48-27-24-21-18-15-12-9-6-3)83-77(80)71-68-65-62-59-56-53-50-47-45-42-33-31-29-26-23-20-17-14-11-8-5-2/h22,25,27,30,32,48,74H,4-21,23-24,26,28-29,31,33-47,49-73H2,1-3H3/b25-22-,32-30-,48-27-. The molecule has 6 heteroatoms. The Morgan fingerprint density at radius 1 is 0.241 bits per heavy atom. The molecule has 0 saturated heterocycles. The van der Waals surface area contributed by atoms with Crippen LogP contribution in [0.4, 0.5) is 0 Å². The Labute approximate surface area is 518 Å². The third-order valence-corrected chi connectivity index (χ3v) is 17.1. The Bertz CT molecular complexity index is 1380. The second-order valence-corrected chi connectivity index (χ2v) is 25.6. The summed E-state index contributed by atoms with van der Waals surface area (Å²) in [5.74, 6) is -0.844. The van der Waals surface area contributed by atoms with Gasteiger partial charge in [0.1, 0.15) is 13.2 Å². The van der Waals surface area contributed by atoms with Crippen molar-refractivity contribution in [2.45, 2.75) is 425 Å². The van der Waals surface area contributed by atoms with Crippen LogP contribution in [0, 0.1) is 0 Å². The maximum Gasteiger partial charge on any atom is 0.306 e. The predicted octanol–water partition coefficient (Wildman–Crippen LogP) is 25.9. The van der Waals surface area contributed by atoms with E-state index < -0.39 is 6.10 Å². The summed E-state index contributed by atoms with van der Waals surface area (Å²) in [5.41, 5.74) is 0. The van der Waals surface area contributed by atoms with Crippen LogP contribution >= 0.6 is 0 Å². The van der Waals surface area contributed by atoms with E-state index in [1.807, 2.05) is 0 Å². The first-order valence-electron chi connectivity index (χ1n) is 37.5. The van der Waals surface area contributed by atoms with Gasteiger partial charge in [0.05, 0.1) is 0 Å². The molecule has 1 unspecified atom stereocenters. The van der Waals surface area contributed by atoms with Crippen LogP contribution in [0.5, 0.6) is 0 Å². The average Bonchev–Trinajstić information content (AvgIpc) is 3.49. The van der Waals surface area contributed by atoms with Crippen LogP contribution in [0.15, 0.2) is 36.5 Å². The lowest BCUT2D eigenvalue weighted by Gasteiger charge is -2.18. The summed E-state index contributed by atoms with van der Waals surface area (Å²) >= 11 is 0. The van der Waals surface area contributed by atoms with Gasteiger partial charge in [0, 0.05) is 19.3 Å². The first kappa shape index (κ1) is 80.6. The lowest BCUT2D eigenvalue weighted by atomic mass is 10.0. The van der Waals surface area contributed by atoms with Crippen LogP contribution < -0.4 is 0 Å². The number of unbranched alkanes of at least 4 members (excludes halogenated alkanes) is 53. The maximum atomic E-state index is 13.0. The number of allylic oxidation sites excluding steroid dienone is 6. The molecule has 0 aromatic heterocycles. The molecule has 0 aliphatic rings. The molecule has 0 aliphatic carbocycles. The Morgan fingerprint density at radius 3 is 0.675 bits per heavy atom. The van der Waals surface area contributed by atoms with E-state index in [0.717, 1.165) is 70.6 Å². The largest absolute Gasteiger partial charge is 0.462 e. The normalized spacial score (nSPS) is 12.2. The van der Waals surface area contributed by atoms with Gasteiger partial charge in [-0.05, 0) is 77.0 Å². The van der Waals surface area contributed by atoms with E-state index in [-0.39, 0.29) is 31.1 Å². The Balaban J connectivity index is 4.22. The van der Waals surface area contributed by atoms with E-state index >= 15 is 0 Å². The second kappa shape index (κ2) is 72.1. The Morgan fingerprint density at radius 2 is 0.434 bits per heavy atom. The smallest absolute Gasteiger partial charge is 0.306 e. The Hall–Kier alpha value is -2.37. The van der Waals surface area contributed by atoms with Crippen molar-refractivity contribution >= 4 is 17.9 Å². The maximum absolute atomic E-state index is 13.0. The number of rotatable bonds is 70. The highest BCUT2D eigenvalue weighted by molar-refractivity contribution is 5.71. The van der Waals surface area contributed by atoms with Crippen LogP contribution in [0.2, 0.25) is 0 Å². The highest BCUT2D eigenvalue weighted by Gasteiger charge is 2.20. The van der Waals surface area contributed by atoms with Crippen molar-refractivity contribution in [3.8, 4) is 0 Å². The number of carbonyl (C=O) groups excluding carboxylic acids is 3. The fraction of sp³-hybridized carbons (Fsp3) is 0.883. The van der Waals surface area contributed by atoms with E-state index in [1.165, 1.54) is 308 Å². The molecule has 0 aliphatic heterocycles. The molecule has 0 heterocycles. The van der Waals surface area contributed by atoms with Crippen LogP contribution in [0.3, 0.4) is 0 Å². The van der Waals surface area contributed by atoms with Gasteiger partial charge >= 0.3 is 17.9 Å². The first-order chi connectivity index (χ1) is 41.0. The number of ether oxygens (including phenoxy) is 3. The lowest BCUT2D eigenvalue weighted by Crippen LogP contribution is -2.30. The van der Waals surface area contributed by atoms with Crippen molar-refractivity contribution in [3.63, 3.8) is 0 Å². The van der Waals surface area contributed by atoms with Gasteiger partial charge in [0.15, 0.2) is 6.10 Å². The van der Waals surface area contributed by atoms with Crippen LogP contribution in [-0.2, 0) is 28.6 Å². The van der Waals surface area contributed by atoms with E-state index in [4.69, 9.17) is 14.2 Å². The molecule has 0 fully saturated rings. The van der Waals surface area contributed by atoms with Crippen LogP contribution in [0.25, 0.3) is 0 Å². The van der Waals surface area contributed by atoms with E-state index in [0.29, 0.717) is 19.3 Å². The fourth-order valence-electron chi connectivity index (χ4n) is 11.5. The molecular formula is C77H144O6. The number of carbonyl (C=O) groups is 3. The third-order valence-electron chi connectivity index (χ3n) is 17.1. The predicted molar refractivity (Wildman–Crippen MR) is 362 cm³/mol. The number of hydrogen-bond donors (Lipinski definition) is 0. The van der Waals surface area contributed by atoms with Crippen LogP contribution in [-0.4, -0.2) is 37.2 Å². The molecule has 0 aromatic carbocycles.